The summed E-state index contributed by atoms with van der Waals surface area (Å²) in [7, 11) is -2.26. The first kappa shape index (κ1) is 20.1. The van der Waals surface area contributed by atoms with Gasteiger partial charge in [0.2, 0.25) is 10.0 Å². The molecule has 0 fully saturated rings. The van der Waals surface area contributed by atoms with Crippen molar-refractivity contribution in [1.29, 1.82) is 0 Å². The Balaban J connectivity index is 2.45. The van der Waals surface area contributed by atoms with Crippen molar-refractivity contribution in [2.45, 2.75) is 31.8 Å². The van der Waals surface area contributed by atoms with Crippen LogP contribution in [0.3, 0.4) is 0 Å². The first-order chi connectivity index (χ1) is 12.1. The van der Waals surface area contributed by atoms with Crippen molar-refractivity contribution in [1.82, 2.24) is 0 Å². The summed E-state index contributed by atoms with van der Waals surface area (Å²) in [6.07, 6.45) is -4.49. The molecule has 0 unspecified atom stereocenters. The summed E-state index contributed by atoms with van der Waals surface area (Å²) in [5.41, 5.74) is -0.205. The largest absolute Gasteiger partial charge is 0.497 e. The third-order valence-corrected chi connectivity index (χ3v) is 5.99. The lowest BCUT2D eigenvalue weighted by Crippen LogP contribution is -2.36. The van der Waals surface area contributed by atoms with Crippen LogP contribution in [0.1, 0.15) is 25.0 Å². The predicted octanol–water partition coefficient (Wildman–Crippen LogP) is 4.46. The summed E-state index contributed by atoms with van der Waals surface area (Å²) in [6, 6.07) is 11.0. The lowest BCUT2D eigenvalue weighted by Gasteiger charge is -2.27. The number of ether oxygens (including phenoxy) is 1. The van der Waals surface area contributed by atoms with Gasteiger partial charge in [-0.05, 0) is 55.8 Å². The normalized spacial score (nSPS) is 12.3. The van der Waals surface area contributed by atoms with E-state index in [9.17, 15) is 21.6 Å². The highest BCUT2D eigenvalue weighted by molar-refractivity contribution is 7.93. The van der Waals surface area contributed by atoms with Crippen molar-refractivity contribution in [3.63, 3.8) is 0 Å². The van der Waals surface area contributed by atoms with Gasteiger partial charge in [-0.25, -0.2) is 8.42 Å². The van der Waals surface area contributed by atoms with E-state index in [1.165, 1.54) is 33.1 Å². The van der Waals surface area contributed by atoms with E-state index in [1.807, 2.05) is 0 Å². The maximum atomic E-state index is 12.9. The van der Waals surface area contributed by atoms with Crippen molar-refractivity contribution < 1.29 is 26.3 Å². The molecule has 0 aliphatic heterocycles. The molecule has 26 heavy (non-hydrogen) atoms. The molecule has 8 heteroatoms. The fourth-order valence-corrected chi connectivity index (χ4v) is 3.60. The van der Waals surface area contributed by atoms with Crippen molar-refractivity contribution >= 4 is 15.7 Å². The molecule has 0 aliphatic rings. The maximum Gasteiger partial charge on any atom is 0.416 e. The molecule has 2 rings (SSSR count). The molecule has 2 aromatic rings. The smallest absolute Gasteiger partial charge is 0.416 e. The standard InChI is InChI=1S/C18H20F3NO3S/c1-13(2)26(23,24)22(16-7-9-17(25-3)10-8-16)12-14-5-4-6-15(11-14)18(19,20)21/h4-11,13H,12H2,1-3H3. The van der Waals surface area contributed by atoms with Crippen LogP contribution in [-0.2, 0) is 22.7 Å². The van der Waals surface area contributed by atoms with Gasteiger partial charge >= 0.3 is 6.18 Å². The lowest BCUT2D eigenvalue weighted by atomic mass is 10.1. The molecule has 0 N–H and O–H groups in total. The topological polar surface area (TPSA) is 46.6 Å². The lowest BCUT2D eigenvalue weighted by molar-refractivity contribution is -0.137. The number of rotatable bonds is 6. The SMILES string of the molecule is COc1ccc(N(Cc2cccc(C(F)(F)F)c2)S(=O)(=O)C(C)C)cc1. The first-order valence-electron chi connectivity index (χ1n) is 7.87. The van der Waals surface area contributed by atoms with Gasteiger partial charge in [0.25, 0.3) is 0 Å². The van der Waals surface area contributed by atoms with Crippen LogP contribution >= 0.6 is 0 Å². The fraction of sp³-hybridized carbons (Fsp3) is 0.333. The third-order valence-electron chi connectivity index (χ3n) is 3.84. The average molecular weight is 387 g/mol. The Hall–Kier alpha value is -2.22. The molecule has 0 aliphatic carbocycles. The average Bonchev–Trinajstić information content (AvgIpc) is 2.59. The summed E-state index contributed by atoms with van der Waals surface area (Å²) in [5, 5.41) is -0.726. The predicted molar refractivity (Wildman–Crippen MR) is 94.7 cm³/mol. The quantitative estimate of drug-likeness (QED) is 0.735. The monoisotopic (exact) mass is 387 g/mol. The molecule has 0 saturated carbocycles. The van der Waals surface area contributed by atoms with Gasteiger partial charge < -0.3 is 4.74 Å². The minimum atomic E-state index is -4.49. The van der Waals surface area contributed by atoms with Crippen LogP contribution in [0.5, 0.6) is 5.75 Å². The number of alkyl halides is 3. The minimum absolute atomic E-state index is 0.198. The van der Waals surface area contributed by atoms with Gasteiger partial charge in [0.05, 0.1) is 30.2 Å². The highest BCUT2D eigenvalue weighted by Gasteiger charge is 2.31. The second-order valence-corrected chi connectivity index (χ2v) is 8.41. The summed E-state index contributed by atoms with van der Waals surface area (Å²) >= 11 is 0. The molecule has 0 spiro atoms. The van der Waals surface area contributed by atoms with Gasteiger partial charge in [0.15, 0.2) is 0 Å². The molecule has 0 heterocycles. The van der Waals surface area contributed by atoms with Gasteiger partial charge in [-0.15, -0.1) is 0 Å². The van der Waals surface area contributed by atoms with Crippen molar-refractivity contribution in [3.05, 3.63) is 59.7 Å². The molecule has 0 saturated heterocycles. The Bertz CT molecular complexity index is 847. The van der Waals surface area contributed by atoms with E-state index in [4.69, 9.17) is 4.74 Å². The minimum Gasteiger partial charge on any atom is -0.497 e. The second-order valence-electron chi connectivity index (χ2n) is 6.00. The third kappa shape index (κ3) is 4.49. The molecule has 2 aromatic carbocycles. The molecule has 142 valence electrons. The molecule has 0 amide bonds. The van der Waals surface area contributed by atoms with E-state index in [0.29, 0.717) is 11.4 Å². The molecular weight excluding hydrogens is 367 g/mol. The number of hydrogen-bond acceptors (Lipinski definition) is 3. The number of nitrogens with zero attached hydrogens (tertiary/aromatic N) is 1. The molecule has 0 bridgehead atoms. The summed E-state index contributed by atoms with van der Waals surface area (Å²) in [6.45, 7) is 2.85. The van der Waals surface area contributed by atoms with Gasteiger partial charge in [0, 0.05) is 0 Å². The van der Waals surface area contributed by atoms with E-state index >= 15 is 0 Å². The van der Waals surface area contributed by atoms with Gasteiger partial charge in [-0.1, -0.05) is 12.1 Å². The summed E-state index contributed by atoms with van der Waals surface area (Å²) in [5.74, 6) is 0.551. The number of benzene rings is 2. The van der Waals surface area contributed by atoms with Crippen LogP contribution in [0.25, 0.3) is 0 Å². The van der Waals surface area contributed by atoms with Crippen LogP contribution in [0.15, 0.2) is 48.5 Å². The summed E-state index contributed by atoms with van der Waals surface area (Å²) < 4.78 is 70.5. The Morgan fingerprint density at radius 2 is 1.69 bits per heavy atom. The molecule has 0 atom stereocenters. The molecule has 4 nitrogen and oxygen atoms in total. The van der Waals surface area contributed by atoms with Crippen LogP contribution in [0.4, 0.5) is 18.9 Å². The Morgan fingerprint density at radius 1 is 1.08 bits per heavy atom. The summed E-state index contributed by atoms with van der Waals surface area (Å²) in [4.78, 5) is 0. The van der Waals surface area contributed by atoms with Gasteiger partial charge in [0.1, 0.15) is 5.75 Å². The van der Waals surface area contributed by atoms with E-state index in [-0.39, 0.29) is 12.1 Å². The highest BCUT2D eigenvalue weighted by Crippen LogP contribution is 2.31. The Labute approximate surface area is 151 Å². The van der Waals surface area contributed by atoms with Crippen LogP contribution < -0.4 is 9.04 Å². The number of methoxy groups -OCH3 is 1. The Morgan fingerprint density at radius 3 is 2.19 bits per heavy atom. The van der Waals surface area contributed by atoms with Crippen molar-refractivity contribution in [3.8, 4) is 5.75 Å². The van der Waals surface area contributed by atoms with Crippen LogP contribution in [0, 0.1) is 0 Å². The zero-order valence-corrected chi connectivity index (χ0v) is 15.4. The number of halogens is 3. The highest BCUT2D eigenvalue weighted by atomic mass is 32.2. The Kier molecular flexibility index (Phi) is 5.85. The van der Waals surface area contributed by atoms with E-state index in [2.05, 4.69) is 0 Å². The molecule has 0 aromatic heterocycles. The van der Waals surface area contributed by atoms with Crippen LogP contribution in [-0.4, -0.2) is 20.8 Å². The fourth-order valence-electron chi connectivity index (χ4n) is 2.34. The number of anilines is 1. The van der Waals surface area contributed by atoms with Crippen LogP contribution in [0.2, 0.25) is 0 Å². The molecular formula is C18H20F3NO3S. The van der Waals surface area contributed by atoms with Gasteiger partial charge in [-0.2, -0.15) is 13.2 Å². The molecule has 0 radical (unpaired) electrons. The first-order valence-corrected chi connectivity index (χ1v) is 9.37. The zero-order chi connectivity index (χ0) is 19.5. The van der Waals surface area contributed by atoms with Crippen molar-refractivity contribution in [2.75, 3.05) is 11.4 Å². The second kappa shape index (κ2) is 7.57. The number of hydrogen-bond donors (Lipinski definition) is 0. The van der Waals surface area contributed by atoms with Gasteiger partial charge in [-0.3, -0.25) is 4.31 Å². The zero-order valence-electron chi connectivity index (χ0n) is 14.6. The van der Waals surface area contributed by atoms with Crippen molar-refractivity contribution in [2.24, 2.45) is 0 Å². The maximum absolute atomic E-state index is 12.9. The van der Waals surface area contributed by atoms with E-state index < -0.39 is 27.0 Å². The number of sulfonamides is 1. The van der Waals surface area contributed by atoms with E-state index in [1.54, 1.807) is 24.3 Å². The van der Waals surface area contributed by atoms with E-state index in [0.717, 1.165) is 16.4 Å².